The summed E-state index contributed by atoms with van der Waals surface area (Å²) < 4.78 is 5.63. The van der Waals surface area contributed by atoms with Gasteiger partial charge in [-0.15, -0.1) is 0 Å². The highest BCUT2D eigenvalue weighted by atomic mass is 16.5. The van der Waals surface area contributed by atoms with E-state index >= 15 is 0 Å². The van der Waals surface area contributed by atoms with E-state index in [-0.39, 0.29) is 29.6 Å². The number of nitrogens with zero attached hydrogens (tertiary/aromatic N) is 3. The Bertz CT molecular complexity index is 1700. The maximum Gasteiger partial charge on any atom is 0.248 e. The van der Waals surface area contributed by atoms with Gasteiger partial charge in [-0.2, -0.15) is 5.26 Å². The van der Waals surface area contributed by atoms with Crippen molar-refractivity contribution in [2.24, 2.45) is 11.1 Å². The fourth-order valence-electron chi connectivity index (χ4n) is 6.49. The Hall–Kier alpha value is -4.20. The lowest BCUT2D eigenvalue weighted by molar-refractivity contribution is -0.136. The van der Waals surface area contributed by atoms with E-state index in [9.17, 15) is 19.6 Å². The number of fused-ring (bicyclic) bond motifs is 4. The number of carbonyl (C=O) groups excluding carboxylic acids is 3. The van der Waals surface area contributed by atoms with Gasteiger partial charge in [-0.25, -0.2) is 0 Å². The zero-order chi connectivity index (χ0) is 33.4. The maximum atomic E-state index is 14.0. The Morgan fingerprint density at radius 2 is 1.87 bits per heavy atom. The number of carbonyl (C=O) groups is 3. The Morgan fingerprint density at radius 3 is 2.52 bits per heavy atom. The Labute approximate surface area is 271 Å². The molecule has 244 valence electrons. The van der Waals surface area contributed by atoms with Crippen molar-refractivity contribution in [2.45, 2.75) is 65.8 Å². The molecule has 46 heavy (non-hydrogen) atoms. The molecule has 2 aliphatic rings. The van der Waals surface area contributed by atoms with Crippen LogP contribution < -0.4 is 16.0 Å². The minimum Gasteiger partial charge on any atom is -0.372 e. The summed E-state index contributed by atoms with van der Waals surface area (Å²) in [5, 5.41) is 13.1. The van der Waals surface area contributed by atoms with Gasteiger partial charge in [0.1, 0.15) is 6.61 Å². The van der Waals surface area contributed by atoms with E-state index in [4.69, 9.17) is 10.5 Å². The zero-order valence-electron chi connectivity index (χ0n) is 27.9. The van der Waals surface area contributed by atoms with Crippen LogP contribution in [-0.2, 0) is 26.2 Å². The summed E-state index contributed by atoms with van der Waals surface area (Å²) in [5.41, 5.74) is 12.1. The summed E-state index contributed by atoms with van der Waals surface area (Å²) in [6.45, 7) is 15.5. The van der Waals surface area contributed by atoms with Crippen LogP contribution in [0.4, 0.5) is 5.69 Å². The minimum absolute atomic E-state index is 0.00723. The number of nitrogens with two attached hydrogens (primary N) is 1. The number of piperazine rings is 1. The first kappa shape index (κ1) is 33.2. The van der Waals surface area contributed by atoms with Crippen molar-refractivity contribution in [2.75, 3.05) is 50.8 Å². The first-order valence-electron chi connectivity index (χ1n) is 16.2. The number of benzene rings is 2. The highest BCUT2D eigenvalue weighted by Gasteiger charge is 2.40. The van der Waals surface area contributed by atoms with Crippen molar-refractivity contribution in [3.05, 3.63) is 63.8 Å². The monoisotopic (exact) mass is 626 g/mol. The van der Waals surface area contributed by atoms with Gasteiger partial charge in [0.15, 0.2) is 5.78 Å². The topological polar surface area (TPSA) is 145 Å². The number of anilines is 1. The van der Waals surface area contributed by atoms with Crippen LogP contribution in [0.3, 0.4) is 0 Å². The normalized spacial score (nSPS) is 16.5. The number of nitrogens with one attached hydrogen (secondary N) is 2. The van der Waals surface area contributed by atoms with Crippen LogP contribution >= 0.6 is 0 Å². The van der Waals surface area contributed by atoms with Crippen molar-refractivity contribution < 1.29 is 19.1 Å². The van der Waals surface area contributed by atoms with E-state index in [2.05, 4.69) is 54.2 Å². The van der Waals surface area contributed by atoms with E-state index in [1.807, 2.05) is 31.7 Å². The number of rotatable bonds is 9. The molecule has 1 fully saturated rings. The fraction of sp³-hybridized carbons (Fsp3) is 0.500. The second-order valence-corrected chi connectivity index (χ2v) is 14.0. The SMILES string of the molecule is CCc1cc2c(cc1N1CCN(C(=O)COCCCNC(=O)[C@@H](N)C(C)(C)C)CC1)C(C)(C)c1[nH]c3cc(C#N)ccc3c1C2=O. The lowest BCUT2D eigenvalue weighted by atomic mass is 9.70. The Balaban J connectivity index is 1.21. The van der Waals surface area contributed by atoms with Crippen molar-refractivity contribution in [1.82, 2.24) is 15.2 Å². The number of aryl methyl sites for hydroxylation is 1. The van der Waals surface area contributed by atoms with E-state index in [0.717, 1.165) is 45.4 Å². The number of ketones is 1. The van der Waals surface area contributed by atoms with Crippen LogP contribution in [0.1, 0.15) is 86.3 Å². The quantitative estimate of drug-likeness (QED) is 0.304. The molecule has 0 spiro atoms. The molecule has 1 aliphatic carbocycles. The summed E-state index contributed by atoms with van der Waals surface area (Å²) in [6.07, 6.45) is 1.37. The Morgan fingerprint density at radius 1 is 1.15 bits per heavy atom. The van der Waals surface area contributed by atoms with Gasteiger partial charge < -0.3 is 30.6 Å². The molecule has 10 heteroatoms. The highest BCUT2D eigenvalue weighted by Crippen LogP contribution is 2.45. The molecule has 1 atom stereocenters. The standard InChI is InChI=1S/C36H46N6O4/c1-7-23-18-25-26(36(5,6)33-30(31(25)44)24-10-9-22(20-37)17-27(24)40-33)19-28(23)41-12-14-42(15-13-41)29(43)21-46-16-8-11-39-34(45)32(38)35(2,3)4/h9-10,17-19,32,40H,7-8,11-16,21,38H2,1-6H3,(H,39,45)/t32-/m1/s1. The molecule has 2 amide bonds. The van der Waals surface area contributed by atoms with Gasteiger partial charge in [0.05, 0.1) is 23.2 Å². The highest BCUT2D eigenvalue weighted by molar-refractivity contribution is 6.20. The molecule has 0 bridgehead atoms. The maximum absolute atomic E-state index is 14.0. The summed E-state index contributed by atoms with van der Waals surface area (Å²) in [5.74, 6) is -0.218. The van der Waals surface area contributed by atoms with E-state index in [0.29, 0.717) is 56.9 Å². The van der Waals surface area contributed by atoms with Crippen LogP contribution in [0.5, 0.6) is 0 Å². The molecule has 5 rings (SSSR count). The number of H-pyrrole nitrogens is 1. The second kappa shape index (κ2) is 12.9. The van der Waals surface area contributed by atoms with Crippen molar-refractivity contribution in [3.63, 3.8) is 0 Å². The van der Waals surface area contributed by atoms with Gasteiger partial charge in [0, 0.05) is 72.6 Å². The largest absolute Gasteiger partial charge is 0.372 e. The van der Waals surface area contributed by atoms with Crippen molar-refractivity contribution in [1.29, 1.82) is 5.26 Å². The minimum atomic E-state index is -0.579. The van der Waals surface area contributed by atoms with Crippen molar-refractivity contribution in [3.8, 4) is 6.07 Å². The molecule has 2 aromatic carbocycles. The summed E-state index contributed by atoms with van der Waals surface area (Å²) in [4.78, 5) is 46.6. The molecule has 2 heterocycles. The molecule has 1 aliphatic heterocycles. The molecule has 0 unspecified atom stereocenters. The van der Waals surface area contributed by atoms with Crippen LogP contribution in [0.25, 0.3) is 10.9 Å². The summed E-state index contributed by atoms with van der Waals surface area (Å²) in [7, 11) is 0. The van der Waals surface area contributed by atoms with Gasteiger partial charge >= 0.3 is 0 Å². The molecular formula is C36H46N6O4. The third-order valence-electron chi connectivity index (χ3n) is 9.48. The van der Waals surface area contributed by atoms with Crippen LogP contribution in [0.15, 0.2) is 30.3 Å². The summed E-state index contributed by atoms with van der Waals surface area (Å²) in [6, 6.07) is 11.3. The molecular weight excluding hydrogens is 580 g/mol. The van der Waals surface area contributed by atoms with Gasteiger partial charge in [-0.1, -0.05) is 47.6 Å². The molecule has 10 nitrogen and oxygen atoms in total. The predicted octanol–water partition coefficient (Wildman–Crippen LogP) is 4.02. The molecule has 0 radical (unpaired) electrons. The third kappa shape index (κ3) is 6.26. The predicted molar refractivity (Wildman–Crippen MR) is 179 cm³/mol. The van der Waals surface area contributed by atoms with Gasteiger partial charge in [0.2, 0.25) is 11.8 Å². The first-order valence-corrected chi connectivity index (χ1v) is 16.2. The lowest BCUT2D eigenvalue weighted by Crippen LogP contribution is -2.50. The zero-order valence-corrected chi connectivity index (χ0v) is 27.9. The second-order valence-electron chi connectivity index (χ2n) is 14.0. The number of hydrogen-bond acceptors (Lipinski definition) is 7. The average molecular weight is 627 g/mol. The molecule has 4 N–H and O–H groups in total. The van der Waals surface area contributed by atoms with Crippen LogP contribution in [-0.4, -0.2) is 79.5 Å². The van der Waals surface area contributed by atoms with Crippen molar-refractivity contribution >= 4 is 34.2 Å². The van der Waals surface area contributed by atoms with Gasteiger partial charge in [0.25, 0.3) is 0 Å². The number of aromatic amines is 1. The number of ether oxygens (including phenoxy) is 1. The Kier molecular flexibility index (Phi) is 9.30. The summed E-state index contributed by atoms with van der Waals surface area (Å²) >= 11 is 0. The smallest absolute Gasteiger partial charge is 0.248 e. The first-order chi connectivity index (χ1) is 21.8. The molecule has 3 aromatic rings. The van der Waals surface area contributed by atoms with Crippen LogP contribution in [0, 0.1) is 16.7 Å². The average Bonchev–Trinajstić information content (AvgIpc) is 3.44. The molecule has 1 aromatic heterocycles. The van der Waals surface area contributed by atoms with E-state index < -0.39 is 11.5 Å². The third-order valence-corrected chi connectivity index (χ3v) is 9.48. The van der Waals surface area contributed by atoms with Crippen LogP contribution in [0.2, 0.25) is 0 Å². The molecule has 0 saturated carbocycles. The number of hydrogen-bond donors (Lipinski definition) is 3. The number of aromatic nitrogens is 1. The molecule has 1 saturated heterocycles. The van der Waals surface area contributed by atoms with E-state index in [1.165, 1.54) is 0 Å². The lowest BCUT2D eigenvalue weighted by Gasteiger charge is -2.39. The van der Waals surface area contributed by atoms with Gasteiger partial charge in [-0.05, 0) is 53.6 Å². The van der Waals surface area contributed by atoms with E-state index in [1.54, 1.807) is 12.1 Å². The number of amides is 2. The number of nitriles is 1. The van der Waals surface area contributed by atoms with Gasteiger partial charge in [-0.3, -0.25) is 14.4 Å². The fourth-order valence-corrected chi connectivity index (χ4v) is 6.49.